The molecular formula is C16H15BrFN. The zero-order valence-electron chi connectivity index (χ0n) is 10.4. The van der Waals surface area contributed by atoms with Crippen LogP contribution in [0.3, 0.4) is 0 Å². The second kappa shape index (κ2) is 5.33. The first-order chi connectivity index (χ1) is 9.24. The van der Waals surface area contributed by atoms with Gasteiger partial charge in [0.15, 0.2) is 0 Å². The van der Waals surface area contributed by atoms with E-state index in [9.17, 15) is 4.39 Å². The van der Waals surface area contributed by atoms with Gasteiger partial charge in [-0.2, -0.15) is 0 Å². The normalized spacial score (nSPS) is 16.1. The van der Waals surface area contributed by atoms with Crippen molar-refractivity contribution in [2.45, 2.75) is 18.9 Å². The van der Waals surface area contributed by atoms with Crippen LogP contribution in [0, 0.1) is 11.7 Å². The first-order valence-electron chi connectivity index (χ1n) is 6.50. The number of benzene rings is 2. The molecule has 1 atom stereocenters. The van der Waals surface area contributed by atoms with Gasteiger partial charge < -0.3 is 5.32 Å². The summed E-state index contributed by atoms with van der Waals surface area (Å²) in [5, 5.41) is 3.36. The van der Waals surface area contributed by atoms with E-state index in [1.807, 2.05) is 24.3 Å². The summed E-state index contributed by atoms with van der Waals surface area (Å²) in [7, 11) is 0. The number of nitrogens with one attached hydrogen (secondary N) is 1. The van der Waals surface area contributed by atoms with E-state index in [-0.39, 0.29) is 11.9 Å². The largest absolute Gasteiger partial charge is 0.376 e. The zero-order chi connectivity index (χ0) is 13.2. The maximum atomic E-state index is 13.9. The summed E-state index contributed by atoms with van der Waals surface area (Å²) in [6.45, 7) is 0. The van der Waals surface area contributed by atoms with Crippen LogP contribution < -0.4 is 5.32 Å². The Hall–Kier alpha value is -1.35. The lowest BCUT2D eigenvalue weighted by atomic mass is 10.0. The molecule has 1 nitrogen and oxygen atoms in total. The van der Waals surface area contributed by atoms with Gasteiger partial charge in [0.1, 0.15) is 5.82 Å². The van der Waals surface area contributed by atoms with E-state index in [2.05, 4.69) is 33.4 Å². The van der Waals surface area contributed by atoms with Crippen molar-refractivity contribution >= 4 is 21.6 Å². The van der Waals surface area contributed by atoms with Gasteiger partial charge in [0.25, 0.3) is 0 Å². The average Bonchev–Trinajstić information content (AvgIpc) is 3.23. The van der Waals surface area contributed by atoms with Gasteiger partial charge in [-0.3, -0.25) is 0 Å². The Morgan fingerprint density at radius 2 is 1.84 bits per heavy atom. The molecule has 2 aromatic rings. The van der Waals surface area contributed by atoms with E-state index in [1.165, 1.54) is 24.5 Å². The maximum Gasteiger partial charge on any atom is 0.147 e. The van der Waals surface area contributed by atoms with Gasteiger partial charge in [0, 0.05) is 4.47 Å². The lowest BCUT2D eigenvalue weighted by Gasteiger charge is -2.20. The molecule has 1 unspecified atom stereocenters. The van der Waals surface area contributed by atoms with E-state index >= 15 is 0 Å². The Labute approximate surface area is 121 Å². The lowest BCUT2D eigenvalue weighted by molar-refractivity contribution is 0.615. The average molecular weight is 320 g/mol. The van der Waals surface area contributed by atoms with Gasteiger partial charge in [-0.05, 0) is 42.5 Å². The Balaban J connectivity index is 1.86. The van der Waals surface area contributed by atoms with E-state index in [0.717, 1.165) is 4.47 Å². The Kier molecular flexibility index (Phi) is 3.56. The van der Waals surface area contributed by atoms with Crippen molar-refractivity contribution in [3.8, 4) is 0 Å². The van der Waals surface area contributed by atoms with Crippen molar-refractivity contribution < 1.29 is 4.39 Å². The molecule has 0 spiro atoms. The van der Waals surface area contributed by atoms with Crippen molar-refractivity contribution in [1.29, 1.82) is 0 Å². The topological polar surface area (TPSA) is 12.0 Å². The standard InChI is InChI=1S/C16H15BrFN/c17-13-8-9-15(14(18)10-13)19-16(12-6-7-12)11-4-2-1-3-5-11/h1-5,8-10,12,16,19H,6-7H2. The van der Waals surface area contributed by atoms with Gasteiger partial charge in [0.2, 0.25) is 0 Å². The molecule has 0 aromatic heterocycles. The monoisotopic (exact) mass is 319 g/mol. The fraction of sp³-hybridized carbons (Fsp3) is 0.250. The SMILES string of the molecule is Fc1cc(Br)ccc1NC(c1ccccc1)C1CC1. The Morgan fingerprint density at radius 3 is 2.47 bits per heavy atom. The predicted octanol–water partition coefficient (Wildman–Crippen LogP) is 5.15. The van der Waals surface area contributed by atoms with Crippen LogP contribution in [-0.4, -0.2) is 0 Å². The third-order valence-corrected chi connectivity index (χ3v) is 3.99. The lowest BCUT2D eigenvalue weighted by Crippen LogP contribution is -2.13. The number of rotatable bonds is 4. The quantitative estimate of drug-likeness (QED) is 0.821. The molecule has 1 fully saturated rings. The minimum atomic E-state index is -0.212. The van der Waals surface area contributed by atoms with E-state index in [1.54, 1.807) is 6.07 Å². The number of hydrogen-bond acceptors (Lipinski definition) is 1. The van der Waals surface area contributed by atoms with Crippen molar-refractivity contribution in [2.75, 3.05) is 5.32 Å². The highest BCUT2D eigenvalue weighted by Crippen LogP contribution is 2.43. The molecule has 3 heteroatoms. The van der Waals surface area contributed by atoms with Crippen molar-refractivity contribution in [1.82, 2.24) is 0 Å². The molecule has 98 valence electrons. The molecule has 0 amide bonds. The summed E-state index contributed by atoms with van der Waals surface area (Å²) >= 11 is 3.28. The molecule has 19 heavy (non-hydrogen) atoms. The number of anilines is 1. The van der Waals surface area contributed by atoms with Crippen LogP contribution in [0.15, 0.2) is 53.0 Å². The molecule has 0 aliphatic heterocycles. The first-order valence-corrected chi connectivity index (χ1v) is 7.30. The van der Waals surface area contributed by atoms with E-state index in [4.69, 9.17) is 0 Å². The zero-order valence-corrected chi connectivity index (χ0v) is 12.0. The number of hydrogen-bond donors (Lipinski definition) is 1. The van der Waals surface area contributed by atoms with Gasteiger partial charge >= 0.3 is 0 Å². The van der Waals surface area contributed by atoms with Crippen LogP contribution in [-0.2, 0) is 0 Å². The van der Waals surface area contributed by atoms with Gasteiger partial charge in [0.05, 0.1) is 11.7 Å². The van der Waals surface area contributed by atoms with Gasteiger partial charge in [-0.1, -0.05) is 46.3 Å². The second-order valence-corrected chi connectivity index (χ2v) is 5.91. The molecule has 1 N–H and O–H groups in total. The third-order valence-electron chi connectivity index (χ3n) is 3.49. The highest BCUT2D eigenvalue weighted by molar-refractivity contribution is 9.10. The van der Waals surface area contributed by atoms with Crippen LogP contribution in [0.5, 0.6) is 0 Å². The van der Waals surface area contributed by atoms with Crippen LogP contribution in [0.2, 0.25) is 0 Å². The predicted molar refractivity (Wildman–Crippen MR) is 79.6 cm³/mol. The van der Waals surface area contributed by atoms with Crippen LogP contribution in [0.4, 0.5) is 10.1 Å². The molecule has 0 radical (unpaired) electrons. The van der Waals surface area contributed by atoms with Crippen molar-refractivity contribution in [2.24, 2.45) is 5.92 Å². The first kappa shape index (κ1) is 12.7. The summed E-state index contributed by atoms with van der Waals surface area (Å²) in [5.41, 5.74) is 1.80. The summed E-state index contributed by atoms with van der Waals surface area (Å²) in [6.07, 6.45) is 2.43. The molecule has 3 rings (SSSR count). The highest BCUT2D eigenvalue weighted by atomic mass is 79.9. The molecule has 2 aromatic carbocycles. The number of halogens is 2. The van der Waals surface area contributed by atoms with E-state index in [0.29, 0.717) is 11.6 Å². The minimum absolute atomic E-state index is 0.205. The van der Waals surface area contributed by atoms with Crippen molar-refractivity contribution in [3.63, 3.8) is 0 Å². The molecule has 1 aliphatic rings. The Bertz CT molecular complexity index is 566. The van der Waals surface area contributed by atoms with Crippen LogP contribution >= 0.6 is 15.9 Å². The van der Waals surface area contributed by atoms with E-state index < -0.39 is 0 Å². The van der Waals surface area contributed by atoms with Crippen LogP contribution in [0.25, 0.3) is 0 Å². The second-order valence-electron chi connectivity index (χ2n) is 4.99. The fourth-order valence-electron chi connectivity index (χ4n) is 2.34. The summed E-state index contributed by atoms with van der Waals surface area (Å²) in [4.78, 5) is 0. The molecule has 1 saturated carbocycles. The highest BCUT2D eigenvalue weighted by Gasteiger charge is 2.32. The summed E-state index contributed by atoms with van der Waals surface area (Å²) in [6, 6.07) is 15.6. The fourth-order valence-corrected chi connectivity index (χ4v) is 2.67. The third kappa shape index (κ3) is 2.98. The van der Waals surface area contributed by atoms with Gasteiger partial charge in [-0.25, -0.2) is 4.39 Å². The molecule has 1 aliphatic carbocycles. The smallest absolute Gasteiger partial charge is 0.147 e. The van der Waals surface area contributed by atoms with Gasteiger partial charge in [-0.15, -0.1) is 0 Å². The molecule has 0 heterocycles. The molecule has 0 bridgehead atoms. The van der Waals surface area contributed by atoms with Crippen molar-refractivity contribution in [3.05, 3.63) is 64.4 Å². The maximum absolute atomic E-state index is 13.9. The molecular weight excluding hydrogens is 305 g/mol. The minimum Gasteiger partial charge on any atom is -0.376 e. The summed E-state index contributed by atoms with van der Waals surface area (Å²) < 4.78 is 14.7. The Morgan fingerprint density at radius 1 is 1.11 bits per heavy atom. The molecule has 0 saturated heterocycles. The summed E-state index contributed by atoms with van der Waals surface area (Å²) in [5.74, 6) is 0.404. The van der Waals surface area contributed by atoms with Crippen LogP contribution in [0.1, 0.15) is 24.4 Å².